The molecule has 0 saturated carbocycles. The lowest BCUT2D eigenvalue weighted by Crippen LogP contribution is -2.04. The standard InChI is InChI=1S/C11H10O5/c1-15-8-2-4-9(5-3-8)16-11(14)7-6-10(12)13/h2-7H,1H3,(H,12,13). The molecule has 0 aliphatic rings. The van der Waals surface area contributed by atoms with Crippen LogP contribution in [0.25, 0.3) is 0 Å². The average molecular weight is 222 g/mol. The van der Waals surface area contributed by atoms with E-state index in [-0.39, 0.29) is 0 Å². The summed E-state index contributed by atoms with van der Waals surface area (Å²) >= 11 is 0. The Bertz CT molecular complexity index is 405. The van der Waals surface area contributed by atoms with Crippen LogP contribution in [0.1, 0.15) is 0 Å². The molecule has 1 aromatic carbocycles. The Labute approximate surface area is 91.9 Å². The molecule has 1 aromatic rings. The van der Waals surface area contributed by atoms with Crippen LogP contribution in [0.3, 0.4) is 0 Å². The highest BCUT2D eigenvalue weighted by atomic mass is 16.5. The van der Waals surface area contributed by atoms with Gasteiger partial charge in [-0.25, -0.2) is 9.59 Å². The normalized spacial score (nSPS) is 10.1. The van der Waals surface area contributed by atoms with Gasteiger partial charge in [0.15, 0.2) is 0 Å². The Morgan fingerprint density at radius 3 is 2.19 bits per heavy atom. The van der Waals surface area contributed by atoms with Crippen molar-refractivity contribution >= 4 is 11.9 Å². The lowest BCUT2D eigenvalue weighted by molar-refractivity contribution is -0.133. The molecule has 1 rings (SSSR count). The highest BCUT2D eigenvalue weighted by Crippen LogP contribution is 2.17. The number of methoxy groups -OCH3 is 1. The van der Waals surface area contributed by atoms with Gasteiger partial charge in [0.2, 0.25) is 0 Å². The van der Waals surface area contributed by atoms with Crippen LogP contribution in [0.5, 0.6) is 11.5 Å². The number of rotatable bonds is 4. The van der Waals surface area contributed by atoms with E-state index in [1.807, 2.05) is 0 Å². The van der Waals surface area contributed by atoms with E-state index in [0.29, 0.717) is 17.6 Å². The molecule has 0 saturated heterocycles. The van der Waals surface area contributed by atoms with E-state index in [1.54, 1.807) is 24.3 Å². The fraction of sp³-hybridized carbons (Fsp3) is 0.0909. The number of aliphatic carboxylic acids is 1. The molecule has 16 heavy (non-hydrogen) atoms. The van der Waals surface area contributed by atoms with E-state index < -0.39 is 11.9 Å². The van der Waals surface area contributed by atoms with Crippen LogP contribution >= 0.6 is 0 Å². The maximum absolute atomic E-state index is 11.1. The number of carbonyl (C=O) groups excluding carboxylic acids is 1. The topological polar surface area (TPSA) is 72.8 Å². The molecule has 0 bridgehead atoms. The van der Waals surface area contributed by atoms with Gasteiger partial charge >= 0.3 is 11.9 Å². The molecule has 0 fully saturated rings. The van der Waals surface area contributed by atoms with Crippen LogP contribution in [-0.2, 0) is 9.59 Å². The van der Waals surface area contributed by atoms with Gasteiger partial charge in [0.05, 0.1) is 7.11 Å². The summed E-state index contributed by atoms with van der Waals surface area (Å²) in [5.41, 5.74) is 0. The molecule has 0 atom stereocenters. The van der Waals surface area contributed by atoms with Crippen LogP contribution < -0.4 is 9.47 Å². The summed E-state index contributed by atoms with van der Waals surface area (Å²) in [5, 5.41) is 8.29. The monoisotopic (exact) mass is 222 g/mol. The molecule has 84 valence electrons. The number of carbonyl (C=O) groups is 2. The largest absolute Gasteiger partial charge is 0.497 e. The number of carboxylic acids is 1. The van der Waals surface area contributed by atoms with Gasteiger partial charge in [-0.2, -0.15) is 0 Å². The molecule has 0 spiro atoms. The zero-order valence-corrected chi connectivity index (χ0v) is 8.54. The molecule has 0 heterocycles. The minimum atomic E-state index is -1.20. The minimum absolute atomic E-state index is 0.320. The zero-order chi connectivity index (χ0) is 12.0. The second kappa shape index (κ2) is 5.55. The van der Waals surface area contributed by atoms with Gasteiger partial charge < -0.3 is 14.6 Å². The summed E-state index contributed by atoms with van der Waals surface area (Å²) in [6.07, 6.45) is 1.55. The van der Waals surface area contributed by atoms with Crippen molar-refractivity contribution in [2.45, 2.75) is 0 Å². The quantitative estimate of drug-likeness (QED) is 0.471. The van der Waals surface area contributed by atoms with Crippen molar-refractivity contribution in [2.24, 2.45) is 0 Å². The fourth-order valence-corrected chi connectivity index (χ4v) is 0.933. The molecule has 0 radical (unpaired) electrons. The second-order valence-corrected chi connectivity index (χ2v) is 2.77. The fourth-order valence-electron chi connectivity index (χ4n) is 0.933. The van der Waals surface area contributed by atoms with E-state index in [0.717, 1.165) is 6.08 Å². The van der Waals surface area contributed by atoms with Crippen molar-refractivity contribution in [1.82, 2.24) is 0 Å². The Morgan fingerprint density at radius 2 is 1.69 bits per heavy atom. The number of ether oxygens (including phenoxy) is 2. The summed E-state index contributed by atoms with van der Waals surface area (Å²) < 4.78 is 9.74. The summed E-state index contributed by atoms with van der Waals surface area (Å²) in [7, 11) is 1.52. The van der Waals surface area contributed by atoms with Gasteiger partial charge in [0, 0.05) is 12.2 Å². The molecule has 0 amide bonds. The Hall–Kier alpha value is -2.30. The molecular formula is C11H10O5. The summed E-state index contributed by atoms with van der Waals surface area (Å²) in [4.78, 5) is 21.2. The summed E-state index contributed by atoms with van der Waals surface area (Å²) in [6, 6.07) is 6.35. The molecule has 5 nitrogen and oxygen atoms in total. The van der Waals surface area contributed by atoms with E-state index in [1.165, 1.54) is 7.11 Å². The first-order valence-corrected chi connectivity index (χ1v) is 4.38. The van der Waals surface area contributed by atoms with Gasteiger partial charge in [-0.3, -0.25) is 0 Å². The Morgan fingerprint density at radius 1 is 1.12 bits per heavy atom. The predicted molar refractivity (Wildman–Crippen MR) is 55.4 cm³/mol. The van der Waals surface area contributed by atoms with E-state index >= 15 is 0 Å². The molecular weight excluding hydrogens is 212 g/mol. The lowest BCUT2D eigenvalue weighted by Gasteiger charge is -2.02. The molecule has 0 aliphatic carbocycles. The molecule has 5 heteroatoms. The molecule has 1 N–H and O–H groups in total. The van der Waals surface area contributed by atoms with Crippen molar-refractivity contribution < 1.29 is 24.2 Å². The number of esters is 1. The van der Waals surface area contributed by atoms with Crippen LogP contribution in [0.15, 0.2) is 36.4 Å². The third-order valence-electron chi connectivity index (χ3n) is 1.64. The SMILES string of the molecule is COc1ccc(OC(=O)C=CC(=O)O)cc1. The zero-order valence-electron chi connectivity index (χ0n) is 8.54. The highest BCUT2D eigenvalue weighted by molar-refractivity contribution is 5.91. The maximum Gasteiger partial charge on any atom is 0.336 e. The Balaban J connectivity index is 2.59. The highest BCUT2D eigenvalue weighted by Gasteiger charge is 2.01. The van der Waals surface area contributed by atoms with Crippen LogP contribution in [-0.4, -0.2) is 24.2 Å². The van der Waals surface area contributed by atoms with Gasteiger partial charge in [-0.15, -0.1) is 0 Å². The predicted octanol–water partition coefficient (Wildman–Crippen LogP) is 1.24. The average Bonchev–Trinajstić information content (AvgIpc) is 2.27. The van der Waals surface area contributed by atoms with Gasteiger partial charge in [-0.1, -0.05) is 0 Å². The maximum atomic E-state index is 11.1. The molecule has 0 aromatic heterocycles. The first-order chi connectivity index (χ1) is 7.61. The number of hydrogen-bond acceptors (Lipinski definition) is 4. The number of carboxylic acid groups (broad SMARTS) is 1. The van der Waals surface area contributed by atoms with Gasteiger partial charge in [0.25, 0.3) is 0 Å². The van der Waals surface area contributed by atoms with E-state index in [2.05, 4.69) is 0 Å². The first-order valence-electron chi connectivity index (χ1n) is 4.38. The van der Waals surface area contributed by atoms with Gasteiger partial charge in [-0.05, 0) is 24.3 Å². The number of hydrogen-bond donors (Lipinski definition) is 1. The van der Waals surface area contributed by atoms with Crippen LogP contribution in [0.4, 0.5) is 0 Å². The van der Waals surface area contributed by atoms with Crippen LogP contribution in [0, 0.1) is 0 Å². The van der Waals surface area contributed by atoms with Crippen molar-refractivity contribution in [3.8, 4) is 11.5 Å². The summed E-state index contributed by atoms with van der Waals surface area (Å²) in [5.74, 6) is -0.985. The third-order valence-corrected chi connectivity index (χ3v) is 1.64. The molecule has 0 aliphatic heterocycles. The number of benzene rings is 1. The lowest BCUT2D eigenvalue weighted by atomic mass is 10.3. The van der Waals surface area contributed by atoms with Crippen LogP contribution in [0.2, 0.25) is 0 Å². The Kier molecular flexibility index (Phi) is 4.08. The van der Waals surface area contributed by atoms with Gasteiger partial charge in [0.1, 0.15) is 11.5 Å². The van der Waals surface area contributed by atoms with Crippen molar-refractivity contribution in [1.29, 1.82) is 0 Å². The van der Waals surface area contributed by atoms with Crippen molar-refractivity contribution in [3.63, 3.8) is 0 Å². The van der Waals surface area contributed by atoms with Crippen molar-refractivity contribution in [3.05, 3.63) is 36.4 Å². The molecule has 0 unspecified atom stereocenters. The van der Waals surface area contributed by atoms with E-state index in [9.17, 15) is 9.59 Å². The third kappa shape index (κ3) is 3.83. The smallest absolute Gasteiger partial charge is 0.336 e. The second-order valence-electron chi connectivity index (χ2n) is 2.77. The van der Waals surface area contributed by atoms with E-state index in [4.69, 9.17) is 14.6 Å². The minimum Gasteiger partial charge on any atom is -0.497 e. The summed E-state index contributed by atoms with van der Waals surface area (Å²) in [6.45, 7) is 0. The first kappa shape index (κ1) is 11.8. The van der Waals surface area contributed by atoms with Crippen molar-refractivity contribution in [2.75, 3.05) is 7.11 Å².